The van der Waals surface area contributed by atoms with E-state index in [1.807, 2.05) is 12.1 Å². The highest BCUT2D eigenvalue weighted by molar-refractivity contribution is 7.50. The minimum atomic E-state index is -4.13. The Labute approximate surface area is 139 Å². The second-order valence-electron chi connectivity index (χ2n) is 7.94. The molecule has 0 heterocycles. The molecule has 0 aromatic heterocycles. The van der Waals surface area contributed by atoms with Crippen LogP contribution in [0.15, 0.2) is 24.8 Å². The summed E-state index contributed by atoms with van der Waals surface area (Å²) >= 11 is 0. The van der Waals surface area contributed by atoms with E-state index in [2.05, 4.69) is 48.1 Å². The van der Waals surface area contributed by atoms with Gasteiger partial charge in [0.2, 0.25) is 0 Å². The zero-order valence-corrected chi connectivity index (χ0v) is 15.9. The van der Waals surface area contributed by atoms with Gasteiger partial charge in [0.1, 0.15) is 12.4 Å². The van der Waals surface area contributed by atoms with Gasteiger partial charge in [0.25, 0.3) is 0 Å². The van der Waals surface area contributed by atoms with E-state index in [1.54, 1.807) is 6.08 Å². The molecule has 0 aliphatic heterocycles. The summed E-state index contributed by atoms with van der Waals surface area (Å²) in [5.74, 6) is 0.791. The molecule has 0 saturated carbocycles. The molecule has 4 nitrogen and oxygen atoms in total. The third-order valence-electron chi connectivity index (χ3n) is 3.50. The van der Waals surface area contributed by atoms with E-state index in [0.717, 1.165) is 16.9 Å². The molecular weight excluding hydrogens is 311 g/mol. The normalized spacial score (nSPS) is 13.0. The van der Waals surface area contributed by atoms with Gasteiger partial charge in [-0.25, -0.2) is 0 Å². The van der Waals surface area contributed by atoms with Crippen LogP contribution in [0, 0.1) is 0 Å². The number of benzene rings is 1. The number of ether oxygens (including phenoxy) is 1. The maximum Gasteiger partial charge on any atom is 0.329 e. The average Bonchev–Trinajstić information content (AvgIpc) is 2.32. The third-order valence-corrected chi connectivity index (χ3v) is 4.28. The zero-order valence-electron chi connectivity index (χ0n) is 15.0. The van der Waals surface area contributed by atoms with Crippen molar-refractivity contribution in [2.75, 3.05) is 6.61 Å². The predicted octanol–water partition coefficient (Wildman–Crippen LogP) is 4.52. The molecule has 0 saturated heterocycles. The molecule has 0 radical (unpaired) electrons. The third kappa shape index (κ3) is 5.80. The molecule has 23 heavy (non-hydrogen) atoms. The molecule has 1 aromatic carbocycles. The second kappa shape index (κ2) is 6.80. The zero-order chi connectivity index (χ0) is 18.1. The highest BCUT2D eigenvalue weighted by Crippen LogP contribution is 2.45. The van der Waals surface area contributed by atoms with E-state index in [9.17, 15) is 14.4 Å². The monoisotopic (exact) mass is 340 g/mol. The molecular formula is C18H29O4P. The van der Waals surface area contributed by atoms with Crippen LogP contribution in [0.2, 0.25) is 0 Å². The Kier molecular flexibility index (Phi) is 5.90. The van der Waals surface area contributed by atoms with Gasteiger partial charge < -0.3 is 14.5 Å². The fraction of sp³-hybridized carbons (Fsp3) is 0.556. The van der Waals surface area contributed by atoms with Crippen LogP contribution in [0.5, 0.6) is 5.75 Å². The Balaban J connectivity index is 3.64. The van der Waals surface area contributed by atoms with Gasteiger partial charge in [-0.1, -0.05) is 66.3 Å². The van der Waals surface area contributed by atoms with Crippen molar-refractivity contribution in [3.05, 3.63) is 41.5 Å². The number of hydrogen-bond acceptors (Lipinski definition) is 2. The van der Waals surface area contributed by atoms with E-state index in [1.165, 1.54) is 0 Å². The van der Waals surface area contributed by atoms with Crippen LogP contribution in [-0.2, 0) is 21.6 Å². The van der Waals surface area contributed by atoms with Crippen molar-refractivity contribution in [2.45, 2.75) is 58.5 Å². The molecule has 2 N–H and O–H groups in total. The summed E-state index contributed by atoms with van der Waals surface area (Å²) < 4.78 is 17.4. The molecule has 130 valence electrons. The second-order valence-corrected chi connectivity index (χ2v) is 9.59. The molecule has 0 fully saturated rings. The Morgan fingerprint density at radius 3 is 1.83 bits per heavy atom. The molecule has 5 heteroatoms. The minimum absolute atomic E-state index is 0.207. The van der Waals surface area contributed by atoms with Crippen LogP contribution >= 0.6 is 7.60 Å². The van der Waals surface area contributed by atoms with Gasteiger partial charge in [0, 0.05) is 11.1 Å². The summed E-state index contributed by atoms with van der Waals surface area (Å²) in [5, 5.41) is 0. The van der Waals surface area contributed by atoms with E-state index >= 15 is 0 Å². The Hall–Kier alpha value is -1.09. The standard InChI is InChI=1S/C18H29O4P/c1-8-9-22-16-14(17(2,3)4)10-13(12-23(19,20)21)11-15(16)18(5,6)7/h8,10-11H,1,9,12H2,2-7H3,(H2,19,20,21). The average molecular weight is 340 g/mol. The SMILES string of the molecule is C=CCOc1c(C(C)(C)C)cc(CP(=O)(O)O)cc1C(C)(C)C. The van der Waals surface area contributed by atoms with E-state index < -0.39 is 7.60 Å². The highest BCUT2D eigenvalue weighted by atomic mass is 31.2. The van der Waals surface area contributed by atoms with E-state index in [4.69, 9.17) is 4.74 Å². The summed E-state index contributed by atoms with van der Waals surface area (Å²) in [6.07, 6.45) is 1.43. The Morgan fingerprint density at radius 1 is 1.09 bits per heavy atom. The lowest BCUT2D eigenvalue weighted by atomic mass is 9.78. The summed E-state index contributed by atoms with van der Waals surface area (Å²) in [5.41, 5.74) is 2.13. The van der Waals surface area contributed by atoms with Crippen molar-refractivity contribution in [1.82, 2.24) is 0 Å². The van der Waals surface area contributed by atoms with Crippen LogP contribution < -0.4 is 4.74 Å². The Morgan fingerprint density at radius 2 is 1.52 bits per heavy atom. The lowest BCUT2D eigenvalue weighted by molar-refractivity contribution is 0.338. The largest absolute Gasteiger partial charge is 0.489 e. The summed E-state index contributed by atoms with van der Waals surface area (Å²) in [7, 11) is -4.13. The van der Waals surface area contributed by atoms with Gasteiger partial charge in [-0.3, -0.25) is 4.57 Å². The molecule has 0 aliphatic carbocycles. The van der Waals surface area contributed by atoms with Crippen molar-refractivity contribution in [3.63, 3.8) is 0 Å². The molecule has 1 rings (SSSR count). The Bertz CT molecular complexity index is 580. The predicted molar refractivity (Wildman–Crippen MR) is 95.3 cm³/mol. The fourth-order valence-corrected chi connectivity index (χ4v) is 3.09. The van der Waals surface area contributed by atoms with E-state index in [0.29, 0.717) is 12.2 Å². The maximum absolute atomic E-state index is 11.4. The first-order valence-corrected chi connectivity index (χ1v) is 9.51. The molecule has 0 bridgehead atoms. The fourth-order valence-electron chi connectivity index (χ4n) is 2.43. The van der Waals surface area contributed by atoms with Crippen molar-refractivity contribution in [1.29, 1.82) is 0 Å². The summed E-state index contributed by atoms with van der Waals surface area (Å²) in [4.78, 5) is 18.7. The first kappa shape index (κ1) is 20.0. The van der Waals surface area contributed by atoms with Gasteiger partial charge in [-0.05, 0) is 16.4 Å². The quantitative estimate of drug-likeness (QED) is 0.611. The van der Waals surface area contributed by atoms with Crippen LogP contribution in [0.4, 0.5) is 0 Å². The molecule has 0 unspecified atom stereocenters. The molecule has 1 aromatic rings. The van der Waals surface area contributed by atoms with E-state index in [-0.39, 0.29) is 17.0 Å². The van der Waals surface area contributed by atoms with Crippen LogP contribution in [0.3, 0.4) is 0 Å². The first-order chi connectivity index (χ1) is 10.3. The van der Waals surface area contributed by atoms with Crippen molar-refractivity contribution in [3.8, 4) is 5.75 Å². The molecule has 0 amide bonds. The van der Waals surface area contributed by atoms with Gasteiger partial charge >= 0.3 is 7.60 Å². The van der Waals surface area contributed by atoms with Crippen molar-refractivity contribution >= 4 is 7.60 Å². The van der Waals surface area contributed by atoms with Gasteiger partial charge in [0.15, 0.2) is 0 Å². The van der Waals surface area contributed by atoms with Crippen LogP contribution in [-0.4, -0.2) is 16.4 Å². The molecule has 0 spiro atoms. The van der Waals surface area contributed by atoms with Crippen LogP contribution in [0.1, 0.15) is 58.2 Å². The molecule has 0 aliphatic rings. The molecule has 0 atom stereocenters. The van der Waals surface area contributed by atoms with Crippen molar-refractivity contribution in [2.24, 2.45) is 0 Å². The maximum atomic E-state index is 11.4. The minimum Gasteiger partial charge on any atom is -0.489 e. The van der Waals surface area contributed by atoms with Crippen molar-refractivity contribution < 1.29 is 19.1 Å². The highest BCUT2D eigenvalue weighted by Gasteiger charge is 2.29. The lowest BCUT2D eigenvalue weighted by Crippen LogP contribution is -2.20. The summed E-state index contributed by atoms with van der Waals surface area (Å²) in [6, 6.07) is 3.71. The van der Waals surface area contributed by atoms with Gasteiger partial charge in [-0.2, -0.15) is 0 Å². The van der Waals surface area contributed by atoms with Gasteiger partial charge in [0.05, 0.1) is 6.16 Å². The summed E-state index contributed by atoms with van der Waals surface area (Å²) in [6.45, 7) is 16.5. The number of rotatable bonds is 5. The first-order valence-electron chi connectivity index (χ1n) is 7.72. The smallest absolute Gasteiger partial charge is 0.329 e. The number of hydrogen-bond donors (Lipinski definition) is 2. The lowest BCUT2D eigenvalue weighted by Gasteiger charge is -2.30. The topological polar surface area (TPSA) is 66.8 Å². The van der Waals surface area contributed by atoms with Crippen LogP contribution in [0.25, 0.3) is 0 Å². The van der Waals surface area contributed by atoms with Gasteiger partial charge in [-0.15, -0.1) is 0 Å².